The van der Waals surface area contributed by atoms with Crippen LogP contribution in [0.4, 0.5) is 0 Å². The summed E-state index contributed by atoms with van der Waals surface area (Å²) in [4.78, 5) is 28.0. The van der Waals surface area contributed by atoms with Crippen molar-refractivity contribution in [1.29, 1.82) is 0 Å². The Labute approximate surface area is 154 Å². The number of aromatic hydroxyl groups is 2. The monoisotopic (exact) mass is 360 g/mol. The summed E-state index contributed by atoms with van der Waals surface area (Å²) >= 11 is 0. The average molecular weight is 360 g/mol. The van der Waals surface area contributed by atoms with Gasteiger partial charge in [0.2, 0.25) is 11.8 Å². The molecule has 2 fully saturated rings. The highest BCUT2D eigenvalue weighted by molar-refractivity contribution is 5.79. The Morgan fingerprint density at radius 2 is 1.27 bits per heavy atom. The van der Waals surface area contributed by atoms with Gasteiger partial charge in [0.15, 0.2) is 0 Å². The molecule has 0 aromatic heterocycles. The fourth-order valence-corrected chi connectivity index (χ4v) is 4.36. The summed E-state index contributed by atoms with van der Waals surface area (Å²) in [5.41, 5.74) is 1.31. The van der Waals surface area contributed by atoms with Gasteiger partial charge in [-0.05, 0) is 31.7 Å². The number of amides is 2. The Bertz CT molecular complexity index is 648. The van der Waals surface area contributed by atoms with Crippen molar-refractivity contribution < 1.29 is 19.8 Å². The topological polar surface area (TPSA) is 81.1 Å². The van der Waals surface area contributed by atoms with Crippen LogP contribution in [0.3, 0.4) is 0 Å². The normalized spacial score (nSPS) is 20.1. The first kappa shape index (κ1) is 18.5. The van der Waals surface area contributed by atoms with E-state index in [1.165, 1.54) is 6.07 Å². The van der Waals surface area contributed by atoms with Crippen molar-refractivity contribution in [2.24, 2.45) is 0 Å². The molecule has 2 atom stereocenters. The Hall–Kier alpha value is -2.24. The zero-order chi connectivity index (χ0) is 18.8. The van der Waals surface area contributed by atoms with Gasteiger partial charge in [-0.3, -0.25) is 9.59 Å². The molecule has 2 aliphatic heterocycles. The first-order valence-electron chi connectivity index (χ1n) is 9.62. The number of likely N-dealkylation sites (tertiary alicyclic amines) is 2. The quantitative estimate of drug-likeness (QED) is 0.816. The number of phenols is 2. The molecule has 2 N–H and O–H groups in total. The fraction of sp³-hybridized carbons (Fsp3) is 0.600. The highest BCUT2D eigenvalue weighted by Gasteiger charge is 2.33. The SMILES string of the molecule is CCC(c1cc(C(CC)N2CCCC2=O)c(O)cc1O)N1CCCC1=O. The van der Waals surface area contributed by atoms with Crippen molar-refractivity contribution in [3.8, 4) is 11.5 Å². The Morgan fingerprint density at radius 1 is 0.846 bits per heavy atom. The van der Waals surface area contributed by atoms with Gasteiger partial charge in [0.05, 0.1) is 12.1 Å². The van der Waals surface area contributed by atoms with Crippen LogP contribution < -0.4 is 0 Å². The van der Waals surface area contributed by atoms with E-state index in [1.807, 2.05) is 23.6 Å². The lowest BCUT2D eigenvalue weighted by atomic mass is 9.94. The minimum absolute atomic E-state index is 0.000372. The molecule has 6 nitrogen and oxygen atoms in total. The summed E-state index contributed by atoms with van der Waals surface area (Å²) in [7, 11) is 0. The van der Waals surface area contributed by atoms with E-state index >= 15 is 0 Å². The van der Waals surface area contributed by atoms with Crippen molar-refractivity contribution in [2.45, 2.75) is 64.5 Å². The number of nitrogens with zero attached hydrogens (tertiary/aromatic N) is 2. The summed E-state index contributed by atoms with van der Waals surface area (Å²) in [6.45, 7) is 5.36. The standard InChI is InChI=1S/C20H28N2O4/c1-3-15(21-9-5-7-19(21)25)13-11-14(18(24)12-17(13)23)16(4-2)22-10-6-8-20(22)26/h11-12,15-16,23-24H,3-10H2,1-2H3. The van der Waals surface area contributed by atoms with Gasteiger partial charge in [-0.15, -0.1) is 0 Å². The lowest BCUT2D eigenvalue weighted by molar-refractivity contribution is -0.130. The Morgan fingerprint density at radius 3 is 1.58 bits per heavy atom. The zero-order valence-corrected chi connectivity index (χ0v) is 15.6. The maximum Gasteiger partial charge on any atom is 0.223 e. The van der Waals surface area contributed by atoms with E-state index in [1.54, 1.807) is 6.07 Å². The molecule has 26 heavy (non-hydrogen) atoms. The first-order valence-corrected chi connectivity index (χ1v) is 9.62. The maximum absolute atomic E-state index is 12.2. The van der Waals surface area contributed by atoms with Crippen molar-refractivity contribution in [3.63, 3.8) is 0 Å². The summed E-state index contributed by atoms with van der Waals surface area (Å²) in [5.74, 6) is 0.209. The molecule has 2 heterocycles. The number of carbonyl (C=O) groups is 2. The van der Waals surface area contributed by atoms with Gasteiger partial charge in [-0.2, -0.15) is 0 Å². The maximum atomic E-state index is 12.2. The Balaban J connectivity index is 2.00. The lowest BCUT2D eigenvalue weighted by Gasteiger charge is -2.31. The molecule has 2 unspecified atom stereocenters. The second-order valence-electron chi connectivity index (χ2n) is 7.20. The second kappa shape index (κ2) is 7.56. The molecule has 0 bridgehead atoms. The highest BCUT2D eigenvalue weighted by atomic mass is 16.3. The van der Waals surface area contributed by atoms with E-state index in [9.17, 15) is 19.8 Å². The van der Waals surface area contributed by atoms with Crippen LogP contribution in [0.15, 0.2) is 12.1 Å². The number of hydrogen-bond donors (Lipinski definition) is 2. The largest absolute Gasteiger partial charge is 0.507 e. The van der Waals surface area contributed by atoms with Crippen LogP contribution in [-0.2, 0) is 9.59 Å². The van der Waals surface area contributed by atoms with E-state index in [2.05, 4.69) is 0 Å². The number of phenolic OH excluding ortho intramolecular Hbond substituents is 2. The van der Waals surface area contributed by atoms with Crippen LogP contribution >= 0.6 is 0 Å². The van der Waals surface area contributed by atoms with Gasteiger partial charge in [0, 0.05) is 43.1 Å². The van der Waals surface area contributed by atoms with Crippen LogP contribution in [0.1, 0.15) is 75.6 Å². The summed E-state index contributed by atoms with van der Waals surface area (Å²) in [6.07, 6.45) is 4.12. The second-order valence-corrected chi connectivity index (χ2v) is 7.20. The summed E-state index contributed by atoms with van der Waals surface area (Å²) in [6, 6.07) is 2.73. The third-order valence-electron chi connectivity index (χ3n) is 5.64. The van der Waals surface area contributed by atoms with Crippen molar-refractivity contribution in [3.05, 3.63) is 23.3 Å². The molecule has 2 amide bonds. The van der Waals surface area contributed by atoms with Crippen LogP contribution in [0.5, 0.6) is 11.5 Å². The van der Waals surface area contributed by atoms with Crippen LogP contribution in [0.25, 0.3) is 0 Å². The minimum Gasteiger partial charge on any atom is -0.507 e. The van der Waals surface area contributed by atoms with Crippen molar-refractivity contribution >= 4 is 11.8 Å². The minimum atomic E-state index is -0.212. The number of rotatable bonds is 6. The smallest absolute Gasteiger partial charge is 0.223 e. The predicted octanol–water partition coefficient (Wildman–Crippen LogP) is 3.24. The van der Waals surface area contributed by atoms with E-state index in [-0.39, 0.29) is 35.4 Å². The number of carbonyl (C=O) groups excluding carboxylic acids is 2. The molecule has 1 aromatic rings. The molecule has 0 radical (unpaired) electrons. The van der Waals surface area contributed by atoms with E-state index in [4.69, 9.17) is 0 Å². The molecular formula is C20H28N2O4. The van der Waals surface area contributed by atoms with Gasteiger partial charge in [-0.25, -0.2) is 0 Å². The number of benzene rings is 1. The fourth-order valence-electron chi connectivity index (χ4n) is 4.36. The third kappa shape index (κ3) is 3.24. The molecule has 142 valence electrons. The van der Waals surface area contributed by atoms with E-state index in [0.29, 0.717) is 49.9 Å². The molecular weight excluding hydrogens is 332 g/mol. The zero-order valence-electron chi connectivity index (χ0n) is 15.6. The molecule has 3 rings (SSSR count). The lowest BCUT2D eigenvalue weighted by Crippen LogP contribution is -2.31. The van der Waals surface area contributed by atoms with Gasteiger partial charge in [0.1, 0.15) is 11.5 Å². The van der Waals surface area contributed by atoms with E-state index in [0.717, 1.165) is 12.8 Å². The summed E-state index contributed by atoms with van der Waals surface area (Å²) in [5, 5.41) is 20.9. The third-order valence-corrected chi connectivity index (χ3v) is 5.64. The van der Waals surface area contributed by atoms with Gasteiger partial charge >= 0.3 is 0 Å². The van der Waals surface area contributed by atoms with Gasteiger partial charge in [0.25, 0.3) is 0 Å². The predicted molar refractivity (Wildman–Crippen MR) is 97.7 cm³/mol. The molecule has 2 saturated heterocycles. The summed E-state index contributed by atoms with van der Waals surface area (Å²) < 4.78 is 0. The van der Waals surface area contributed by atoms with Crippen molar-refractivity contribution in [1.82, 2.24) is 9.80 Å². The molecule has 6 heteroatoms. The molecule has 1 aromatic carbocycles. The van der Waals surface area contributed by atoms with Crippen LogP contribution in [0, 0.1) is 0 Å². The average Bonchev–Trinajstić information content (AvgIpc) is 3.22. The number of hydrogen-bond acceptors (Lipinski definition) is 4. The van der Waals surface area contributed by atoms with Gasteiger partial charge in [-0.1, -0.05) is 13.8 Å². The molecule has 0 aliphatic carbocycles. The highest BCUT2D eigenvalue weighted by Crippen LogP contribution is 2.42. The van der Waals surface area contributed by atoms with Gasteiger partial charge < -0.3 is 20.0 Å². The molecule has 0 spiro atoms. The van der Waals surface area contributed by atoms with Crippen LogP contribution in [0.2, 0.25) is 0 Å². The molecule has 2 aliphatic rings. The van der Waals surface area contributed by atoms with E-state index < -0.39 is 0 Å². The van der Waals surface area contributed by atoms with Crippen molar-refractivity contribution in [2.75, 3.05) is 13.1 Å². The Kier molecular flexibility index (Phi) is 5.39. The van der Waals surface area contributed by atoms with Crippen LogP contribution in [-0.4, -0.2) is 44.9 Å². The first-order chi connectivity index (χ1) is 12.5. The molecule has 0 saturated carbocycles.